The Labute approximate surface area is 124 Å². The number of carbonyl (C=O) groups excluding carboxylic acids is 1. The van der Waals surface area contributed by atoms with E-state index in [9.17, 15) is 4.79 Å². The van der Waals surface area contributed by atoms with Gasteiger partial charge in [-0.1, -0.05) is 33.6 Å². The molecule has 0 fully saturated rings. The van der Waals surface area contributed by atoms with Crippen LogP contribution in [0.15, 0.2) is 53.1 Å². The Kier molecular flexibility index (Phi) is 3.28. The average Bonchev–Trinajstić information content (AvgIpc) is 2.81. The summed E-state index contributed by atoms with van der Waals surface area (Å²) in [6.07, 6.45) is 1.70. The molecule has 0 spiro atoms. The fraction of sp³-hybridized carbons (Fsp3) is 0.0667. The number of nitrogens with one attached hydrogen (secondary N) is 1. The van der Waals surface area contributed by atoms with Crippen LogP contribution in [0.1, 0.15) is 5.56 Å². The number of hydrogen-bond donors (Lipinski definition) is 1. The molecule has 1 aromatic heterocycles. The number of aryl methyl sites for hydroxylation is 1. The molecule has 0 atom stereocenters. The van der Waals surface area contributed by atoms with Gasteiger partial charge in [-0.25, -0.2) is 4.79 Å². The molecule has 0 aliphatic heterocycles. The molecule has 0 aliphatic rings. The molecule has 1 N–H and O–H groups in total. The van der Waals surface area contributed by atoms with Crippen molar-refractivity contribution in [2.24, 2.45) is 0 Å². The first-order valence-corrected chi connectivity index (χ1v) is 6.94. The van der Waals surface area contributed by atoms with Crippen molar-refractivity contribution in [3.63, 3.8) is 0 Å². The highest BCUT2D eigenvalue weighted by atomic mass is 79.9. The Bertz CT molecular complexity index is 795. The van der Waals surface area contributed by atoms with E-state index in [0.717, 1.165) is 26.6 Å². The maximum atomic E-state index is 12.3. The van der Waals surface area contributed by atoms with Crippen molar-refractivity contribution in [2.45, 2.75) is 6.92 Å². The third kappa shape index (κ3) is 2.44. The van der Waals surface area contributed by atoms with Gasteiger partial charge in [0, 0.05) is 15.5 Å². The van der Waals surface area contributed by atoms with Crippen LogP contribution >= 0.6 is 15.9 Å². The van der Waals surface area contributed by atoms with Gasteiger partial charge in [0.25, 0.3) is 0 Å². The van der Waals surface area contributed by atoms with Crippen LogP contribution < -0.4 is 5.32 Å². The number of hydrogen-bond acceptors (Lipinski definition) is 2. The van der Waals surface area contributed by atoms with Gasteiger partial charge in [0.15, 0.2) is 0 Å². The van der Waals surface area contributed by atoms with Crippen molar-refractivity contribution in [1.29, 1.82) is 0 Å². The summed E-state index contributed by atoms with van der Waals surface area (Å²) in [4.78, 5) is 12.3. The van der Waals surface area contributed by atoms with Gasteiger partial charge in [-0.05, 0) is 37.3 Å². The maximum Gasteiger partial charge on any atom is 0.347 e. The van der Waals surface area contributed by atoms with E-state index in [1.807, 2.05) is 49.4 Å². The van der Waals surface area contributed by atoms with Crippen molar-refractivity contribution < 1.29 is 4.79 Å². The summed E-state index contributed by atoms with van der Waals surface area (Å²) in [7, 11) is 0. The van der Waals surface area contributed by atoms with Crippen LogP contribution in [0.5, 0.6) is 0 Å². The molecule has 3 aromatic rings. The molecule has 20 heavy (non-hydrogen) atoms. The molecule has 1 amide bonds. The summed E-state index contributed by atoms with van der Waals surface area (Å²) in [5.74, 6) is 0. The van der Waals surface area contributed by atoms with Crippen molar-refractivity contribution in [3.8, 4) is 0 Å². The van der Waals surface area contributed by atoms with Crippen LogP contribution in [0.3, 0.4) is 0 Å². The Hall–Kier alpha value is -2.14. The quantitative estimate of drug-likeness (QED) is 0.727. The lowest BCUT2D eigenvalue weighted by Crippen LogP contribution is -2.20. The van der Waals surface area contributed by atoms with E-state index in [0.29, 0.717) is 0 Å². The molecule has 0 unspecified atom stereocenters. The highest BCUT2D eigenvalue weighted by Crippen LogP contribution is 2.18. The van der Waals surface area contributed by atoms with Crippen LogP contribution in [-0.4, -0.2) is 15.8 Å². The first-order valence-electron chi connectivity index (χ1n) is 6.15. The van der Waals surface area contributed by atoms with Crippen molar-refractivity contribution >= 4 is 38.6 Å². The fourth-order valence-electron chi connectivity index (χ4n) is 2.06. The highest BCUT2D eigenvalue weighted by molar-refractivity contribution is 9.10. The van der Waals surface area contributed by atoms with Crippen LogP contribution in [0.25, 0.3) is 10.9 Å². The number of anilines is 1. The first kappa shape index (κ1) is 12.9. The Morgan fingerprint density at radius 3 is 2.90 bits per heavy atom. The lowest BCUT2D eigenvalue weighted by atomic mass is 10.2. The number of amides is 1. The zero-order chi connectivity index (χ0) is 14.1. The molecule has 3 rings (SSSR count). The predicted octanol–water partition coefficient (Wildman–Crippen LogP) is 4.19. The SMILES string of the molecule is Cc1ccc2c(cnn2C(=O)Nc2cccc(Br)c2)c1. The van der Waals surface area contributed by atoms with E-state index in [1.54, 1.807) is 6.20 Å². The molecule has 2 aromatic carbocycles. The monoisotopic (exact) mass is 329 g/mol. The minimum Gasteiger partial charge on any atom is -0.306 e. The molecule has 0 radical (unpaired) electrons. The zero-order valence-electron chi connectivity index (χ0n) is 10.8. The second-order valence-electron chi connectivity index (χ2n) is 4.56. The summed E-state index contributed by atoms with van der Waals surface area (Å²) in [6, 6.07) is 13.0. The Balaban J connectivity index is 1.93. The average molecular weight is 330 g/mol. The number of rotatable bonds is 1. The maximum absolute atomic E-state index is 12.3. The number of nitrogens with zero attached hydrogens (tertiary/aromatic N) is 2. The zero-order valence-corrected chi connectivity index (χ0v) is 12.4. The van der Waals surface area contributed by atoms with Gasteiger partial charge in [0.05, 0.1) is 11.7 Å². The standard InChI is InChI=1S/C15H12BrN3O/c1-10-5-6-14-11(7-10)9-17-19(14)15(20)18-13-4-2-3-12(16)8-13/h2-9H,1H3,(H,18,20). The molecule has 5 heteroatoms. The van der Waals surface area contributed by atoms with E-state index in [2.05, 4.69) is 26.3 Å². The minimum atomic E-state index is -0.276. The van der Waals surface area contributed by atoms with E-state index >= 15 is 0 Å². The predicted molar refractivity (Wildman–Crippen MR) is 83.0 cm³/mol. The van der Waals surface area contributed by atoms with Gasteiger partial charge in [0.2, 0.25) is 0 Å². The Morgan fingerprint density at radius 2 is 2.10 bits per heavy atom. The highest BCUT2D eigenvalue weighted by Gasteiger charge is 2.10. The van der Waals surface area contributed by atoms with Gasteiger partial charge < -0.3 is 5.32 Å². The largest absolute Gasteiger partial charge is 0.347 e. The summed E-state index contributed by atoms with van der Waals surface area (Å²) in [5, 5.41) is 7.92. The van der Waals surface area contributed by atoms with Crippen molar-refractivity contribution in [3.05, 3.63) is 58.7 Å². The number of benzene rings is 2. The number of halogens is 1. The second kappa shape index (κ2) is 5.09. The molecule has 0 saturated heterocycles. The minimum absolute atomic E-state index is 0.276. The van der Waals surface area contributed by atoms with Gasteiger partial charge >= 0.3 is 6.03 Å². The summed E-state index contributed by atoms with van der Waals surface area (Å²) < 4.78 is 2.28. The van der Waals surface area contributed by atoms with Crippen molar-refractivity contribution in [2.75, 3.05) is 5.32 Å². The van der Waals surface area contributed by atoms with Gasteiger partial charge in [-0.15, -0.1) is 0 Å². The summed E-state index contributed by atoms with van der Waals surface area (Å²) in [6.45, 7) is 2.01. The van der Waals surface area contributed by atoms with E-state index in [1.165, 1.54) is 4.68 Å². The van der Waals surface area contributed by atoms with E-state index < -0.39 is 0 Å². The molecule has 4 nitrogen and oxygen atoms in total. The van der Waals surface area contributed by atoms with Crippen LogP contribution in [0, 0.1) is 6.92 Å². The Morgan fingerprint density at radius 1 is 1.25 bits per heavy atom. The number of fused-ring (bicyclic) bond motifs is 1. The van der Waals surface area contributed by atoms with Gasteiger partial charge in [0.1, 0.15) is 0 Å². The van der Waals surface area contributed by atoms with Crippen LogP contribution in [0.2, 0.25) is 0 Å². The van der Waals surface area contributed by atoms with Crippen LogP contribution in [0.4, 0.5) is 10.5 Å². The molecule has 100 valence electrons. The topological polar surface area (TPSA) is 46.9 Å². The fourth-order valence-corrected chi connectivity index (χ4v) is 2.46. The molecular weight excluding hydrogens is 318 g/mol. The van der Waals surface area contributed by atoms with Gasteiger partial charge in [-0.2, -0.15) is 9.78 Å². The van der Waals surface area contributed by atoms with E-state index in [-0.39, 0.29) is 6.03 Å². The molecule has 1 heterocycles. The number of aromatic nitrogens is 2. The summed E-state index contributed by atoms with van der Waals surface area (Å²) >= 11 is 3.37. The lowest BCUT2D eigenvalue weighted by Gasteiger charge is -2.06. The third-order valence-electron chi connectivity index (χ3n) is 2.99. The summed E-state index contributed by atoms with van der Waals surface area (Å²) in [5.41, 5.74) is 2.66. The first-order chi connectivity index (χ1) is 9.63. The molecule has 0 aliphatic carbocycles. The third-order valence-corrected chi connectivity index (χ3v) is 3.49. The van der Waals surface area contributed by atoms with Gasteiger partial charge in [-0.3, -0.25) is 0 Å². The lowest BCUT2D eigenvalue weighted by molar-refractivity contribution is 0.252. The molecule has 0 saturated carbocycles. The van der Waals surface area contributed by atoms with E-state index in [4.69, 9.17) is 0 Å². The second-order valence-corrected chi connectivity index (χ2v) is 5.47. The normalized spacial score (nSPS) is 10.7. The van der Waals surface area contributed by atoms with Crippen molar-refractivity contribution in [1.82, 2.24) is 9.78 Å². The molecule has 0 bridgehead atoms. The molecular formula is C15H12BrN3O. The van der Waals surface area contributed by atoms with Crippen LogP contribution in [-0.2, 0) is 0 Å². The number of carbonyl (C=O) groups is 1. The smallest absolute Gasteiger partial charge is 0.306 e.